The summed E-state index contributed by atoms with van der Waals surface area (Å²) in [5, 5.41) is 0.575. The molecular weight excluding hydrogens is 305 g/mol. The van der Waals surface area contributed by atoms with Crippen LogP contribution in [0, 0.1) is 0 Å². The fourth-order valence-corrected chi connectivity index (χ4v) is 1.48. The van der Waals surface area contributed by atoms with E-state index in [1.165, 1.54) is 7.11 Å². The lowest BCUT2D eigenvalue weighted by atomic mass is 10.1. The van der Waals surface area contributed by atoms with E-state index in [1.54, 1.807) is 18.2 Å². The maximum atomic E-state index is 11.1. The van der Waals surface area contributed by atoms with E-state index in [4.69, 9.17) is 17.3 Å². The van der Waals surface area contributed by atoms with Crippen LogP contribution in [-0.4, -0.2) is 13.1 Å². The second-order valence-electron chi connectivity index (χ2n) is 2.67. The number of carbonyl (C=O) groups is 1. The molecule has 84 valence electrons. The van der Waals surface area contributed by atoms with Crippen LogP contribution < -0.4 is 5.73 Å². The van der Waals surface area contributed by atoms with Crippen molar-refractivity contribution in [3.05, 3.63) is 33.3 Å². The second kappa shape index (κ2) is 6.33. The van der Waals surface area contributed by atoms with Crippen LogP contribution in [0.15, 0.2) is 22.7 Å². The lowest BCUT2D eigenvalue weighted by molar-refractivity contribution is -0.142. The third-order valence-corrected chi connectivity index (χ3v) is 2.97. The molecule has 0 spiro atoms. The van der Waals surface area contributed by atoms with E-state index in [0.29, 0.717) is 15.1 Å². The molecule has 1 aromatic carbocycles. The summed E-state index contributed by atoms with van der Waals surface area (Å²) in [5.41, 5.74) is 6.29. The van der Waals surface area contributed by atoms with Gasteiger partial charge in [-0.05, 0) is 33.6 Å². The fraction of sp³-hybridized carbons (Fsp3) is 0.222. The molecule has 2 N–H and O–H groups in total. The van der Waals surface area contributed by atoms with E-state index in [2.05, 4.69) is 20.7 Å². The summed E-state index contributed by atoms with van der Waals surface area (Å²) in [6, 6.07) is 4.29. The molecule has 15 heavy (non-hydrogen) atoms. The van der Waals surface area contributed by atoms with Gasteiger partial charge in [-0.3, -0.25) is 4.79 Å². The van der Waals surface area contributed by atoms with Crippen molar-refractivity contribution in [1.82, 2.24) is 0 Å². The molecule has 0 aromatic heterocycles. The van der Waals surface area contributed by atoms with Crippen LogP contribution in [0.4, 0.5) is 0 Å². The van der Waals surface area contributed by atoms with Crippen LogP contribution in [0.2, 0.25) is 5.02 Å². The Morgan fingerprint density at radius 3 is 2.67 bits per heavy atom. The van der Waals surface area contributed by atoms with Crippen molar-refractivity contribution in [3.8, 4) is 0 Å². The summed E-state index contributed by atoms with van der Waals surface area (Å²) >= 11 is 9.04. The van der Waals surface area contributed by atoms with Gasteiger partial charge in [-0.15, -0.1) is 12.4 Å². The molecular formula is C9H10BrCl2NO2. The largest absolute Gasteiger partial charge is 0.468 e. The number of carbonyl (C=O) groups excluding carboxylic acids is 1. The highest BCUT2D eigenvalue weighted by Gasteiger charge is 2.16. The molecule has 0 fully saturated rings. The van der Waals surface area contributed by atoms with Crippen molar-refractivity contribution in [2.24, 2.45) is 5.73 Å². The van der Waals surface area contributed by atoms with Crippen molar-refractivity contribution in [2.75, 3.05) is 7.11 Å². The molecule has 0 amide bonds. The van der Waals surface area contributed by atoms with E-state index < -0.39 is 12.0 Å². The zero-order valence-electron chi connectivity index (χ0n) is 7.87. The molecule has 0 heterocycles. The predicted molar refractivity (Wildman–Crippen MR) is 65.3 cm³/mol. The molecule has 0 radical (unpaired) electrons. The third kappa shape index (κ3) is 3.65. The summed E-state index contributed by atoms with van der Waals surface area (Å²) in [6.45, 7) is 0. The topological polar surface area (TPSA) is 52.3 Å². The maximum absolute atomic E-state index is 11.1. The van der Waals surface area contributed by atoms with E-state index in [-0.39, 0.29) is 12.4 Å². The van der Waals surface area contributed by atoms with Crippen molar-refractivity contribution >= 4 is 45.9 Å². The van der Waals surface area contributed by atoms with Gasteiger partial charge in [-0.25, -0.2) is 0 Å². The van der Waals surface area contributed by atoms with Gasteiger partial charge in [0, 0.05) is 4.47 Å². The average molecular weight is 315 g/mol. The monoisotopic (exact) mass is 313 g/mol. The van der Waals surface area contributed by atoms with Gasteiger partial charge in [-0.2, -0.15) is 0 Å². The van der Waals surface area contributed by atoms with Gasteiger partial charge in [0.05, 0.1) is 12.1 Å². The van der Waals surface area contributed by atoms with E-state index in [1.807, 2.05) is 0 Å². The highest BCUT2D eigenvalue weighted by atomic mass is 79.9. The highest BCUT2D eigenvalue weighted by Crippen LogP contribution is 2.25. The molecule has 0 aliphatic rings. The Bertz CT molecular complexity index is 360. The Kier molecular flexibility index (Phi) is 6.20. The van der Waals surface area contributed by atoms with Crippen LogP contribution in [-0.2, 0) is 9.53 Å². The molecule has 1 atom stereocenters. The smallest absolute Gasteiger partial charge is 0.327 e. The van der Waals surface area contributed by atoms with E-state index in [0.717, 1.165) is 0 Å². The van der Waals surface area contributed by atoms with Crippen molar-refractivity contribution in [3.63, 3.8) is 0 Å². The number of halogens is 3. The minimum Gasteiger partial charge on any atom is -0.468 e. The molecule has 0 aliphatic carbocycles. The van der Waals surface area contributed by atoms with Crippen LogP contribution in [0.1, 0.15) is 11.6 Å². The number of nitrogens with two attached hydrogens (primary N) is 1. The van der Waals surface area contributed by atoms with Gasteiger partial charge in [0.25, 0.3) is 0 Å². The van der Waals surface area contributed by atoms with Crippen LogP contribution in [0.25, 0.3) is 0 Å². The number of esters is 1. The first-order valence-electron chi connectivity index (χ1n) is 3.84. The number of ether oxygens (including phenoxy) is 1. The molecule has 0 aliphatic heterocycles. The number of rotatable bonds is 2. The van der Waals surface area contributed by atoms with E-state index in [9.17, 15) is 4.79 Å². The third-order valence-electron chi connectivity index (χ3n) is 1.76. The zero-order valence-corrected chi connectivity index (χ0v) is 11.0. The Morgan fingerprint density at radius 2 is 2.20 bits per heavy atom. The first-order chi connectivity index (χ1) is 6.56. The summed E-state index contributed by atoms with van der Waals surface area (Å²) in [6.07, 6.45) is 0. The fourth-order valence-electron chi connectivity index (χ4n) is 0.969. The molecule has 0 saturated heterocycles. The summed E-state index contributed by atoms with van der Waals surface area (Å²) in [5.74, 6) is -0.473. The number of hydrogen-bond donors (Lipinski definition) is 1. The molecule has 6 heteroatoms. The average Bonchev–Trinajstić information content (AvgIpc) is 2.20. The number of hydrogen-bond acceptors (Lipinski definition) is 3. The van der Waals surface area contributed by atoms with Crippen molar-refractivity contribution in [2.45, 2.75) is 6.04 Å². The quantitative estimate of drug-likeness (QED) is 0.854. The van der Waals surface area contributed by atoms with Crippen molar-refractivity contribution in [1.29, 1.82) is 0 Å². The highest BCUT2D eigenvalue weighted by molar-refractivity contribution is 9.10. The van der Waals surface area contributed by atoms with Crippen LogP contribution >= 0.6 is 39.9 Å². The van der Waals surface area contributed by atoms with Crippen LogP contribution in [0.5, 0.6) is 0 Å². The van der Waals surface area contributed by atoms with Crippen molar-refractivity contribution < 1.29 is 9.53 Å². The Balaban J connectivity index is 0.00000196. The van der Waals surface area contributed by atoms with Gasteiger partial charge in [-0.1, -0.05) is 17.7 Å². The van der Waals surface area contributed by atoms with E-state index >= 15 is 0 Å². The van der Waals surface area contributed by atoms with Crippen LogP contribution in [0.3, 0.4) is 0 Å². The minimum atomic E-state index is -0.770. The summed E-state index contributed by atoms with van der Waals surface area (Å²) in [7, 11) is 1.30. The molecule has 0 unspecified atom stereocenters. The molecule has 1 aromatic rings. The van der Waals surface area contributed by atoms with Gasteiger partial charge in [0.2, 0.25) is 0 Å². The number of methoxy groups -OCH3 is 1. The predicted octanol–water partition coefficient (Wildman–Crippen LogP) is 2.70. The Hall–Kier alpha value is -0.290. The summed E-state index contributed by atoms with van der Waals surface area (Å²) in [4.78, 5) is 11.1. The zero-order chi connectivity index (χ0) is 10.7. The van der Waals surface area contributed by atoms with Gasteiger partial charge in [0.15, 0.2) is 0 Å². The Labute approximate surface area is 107 Å². The van der Waals surface area contributed by atoms with Gasteiger partial charge >= 0.3 is 5.97 Å². The molecule has 0 bridgehead atoms. The maximum Gasteiger partial charge on any atom is 0.327 e. The second-order valence-corrected chi connectivity index (χ2v) is 3.94. The first-order valence-corrected chi connectivity index (χ1v) is 5.01. The minimum absolute atomic E-state index is 0. The number of benzene rings is 1. The van der Waals surface area contributed by atoms with Gasteiger partial charge < -0.3 is 10.5 Å². The first kappa shape index (κ1) is 14.7. The SMILES string of the molecule is COC(=O)[C@H](N)c1ccc(Cl)c(Br)c1.Cl. The normalized spacial score (nSPS) is 11.5. The Morgan fingerprint density at radius 1 is 1.60 bits per heavy atom. The molecule has 0 saturated carbocycles. The lowest BCUT2D eigenvalue weighted by Crippen LogP contribution is -2.22. The molecule has 3 nitrogen and oxygen atoms in total. The summed E-state index contributed by atoms with van der Waals surface area (Å²) < 4.78 is 5.23. The molecule has 1 rings (SSSR count). The van der Waals surface area contributed by atoms with Gasteiger partial charge in [0.1, 0.15) is 6.04 Å². The lowest BCUT2D eigenvalue weighted by Gasteiger charge is -2.10. The standard InChI is InChI=1S/C9H9BrClNO2.ClH/c1-14-9(13)8(12)5-2-3-7(11)6(10)4-5;/h2-4,8H,12H2,1H3;1H/t8-;/m1./s1.